The first-order valence-corrected chi connectivity index (χ1v) is 9.95. The van der Waals surface area contributed by atoms with Crippen LogP contribution in [0.1, 0.15) is 28.0 Å². The van der Waals surface area contributed by atoms with E-state index in [9.17, 15) is 9.90 Å². The lowest BCUT2D eigenvalue weighted by atomic mass is 9.99. The smallest absolute Gasteiger partial charge is 0.273 e. The maximum Gasteiger partial charge on any atom is 0.273 e. The van der Waals surface area contributed by atoms with Gasteiger partial charge in [0.05, 0.1) is 6.10 Å². The molecule has 2 N–H and O–H groups in total. The zero-order chi connectivity index (χ0) is 20.1. The molecule has 1 atom stereocenters. The van der Waals surface area contributed by atoms with Gasteiger partial charge in [-0.15, -0.1) is 0 Å². The number of aliphatic hydroxyl groups excluding tert-OH is 1. The molecule has 0 aliphatic carbocycles. The topological polar surface area (TPSA) is 78.6 Å². The summed E-state index contributed by atoms with van der Waals surface area (Å²) >= 11 is 0. The summed E-state index contributed by atoms with van der Waals surface area (Å²) in [6, 6.07) is 17.9. The molecule has 0 fully saturated rings. The number of amides is 1. The summed E-state index contributed by atoms with van der Waals surface area (Å²) in [5.74, 6) is 0.121. The molecule has 1 amide bonds. The molecule has 0 spiro atoms. The van der Waals surface area contributed by atoms with Crippen molar-refractivity contribution in [1.82, 2.24) is 15.2 Å². The second-order valence-electron chi connectivity index (χ2n) is 7.36. The number of nitrogens with zero attached hydrogens (tertiary/aromatic N) is 2. The Morgan fingerprint density at radius 3 is 2.72 bits per heavy atom. The van der Waals surface area contributed by atoms with Crippen molar-refractivity contribution in [1.29, 1.82) is 0 Å². The van der Waals surface area contributed by atoms with Crippen molar-refractivity contribution >= 4 is 5.91 Å². The Labute approximate surface area is 170 Å². The van der Waals surface area contributed by atoms with Gasteiger partial charge in [-0.1, -0.05) is 42.5 Å². The molecule has 4 rings (SSSR count). The molecular weight excluding hydrogens is 366 g/mol. The van der Waals surface area contributed by atoms with Crippen molar-refractivity contribution in [2.24, 2.45) is 0 Å². The zero-order valence-corrected chi connectivity index (χ0v) is 16.3. The van der Waals surface area contributed by atoms with Gasteiger partial charge >= 0.3 is 0 Å². The Morgan fingerprint density at radius 1 is 1.14 bits per heavy atom. The van der Waals surface area contributed by atoms with Gasteiger partial charge in [-0.05, 0) is 36.1 Å². The summed E-state index contributed by atoms with van der Waals surface area (Å²) in [5, 5.41) is 13.2. The second kappa shape index (κ2) is 9.03. The van der Waals surface area contributed by atoms with Crippen LogP contribution in [0.4, 0.5) is 0 Å². The van der Waals surface area contributed by atoms with Crippen LogP contribution in [0.2, 0.25) is 0 Å². The SMILES string of the molecule is O=C(NCCC(O)CN1CCc2ccccc2C1)c1coc(-c2ccccc2)n1. The standard InChI is InChI=1S/C23H25N3O3/c27-20(15-26-13-11-17-6-4-5-9-19(17)14-26)10-12-24-22(28)21-16-29-23(25-21)18-7-2-1-3-8-18/h1-9,16,20,27H,10-15H2,(H,24,28). The van der Waals surface area contributed by atoms with Gasteiger partial charge in [0.25, 0.3) is 5.91 Å². The van der Waals surface area contributed by atoms with E-state index in [1.807, 2.05) is 30.3 Å². The highest BCUT2D eigenvalue weighted by Gasteiger charge is 2.19. The van der Waals surface area contributed by atoms with Crippen molar-refractivity contribution in [2.75, 3.05) is 19.6 Å². The van der Waals surface area contributed by atoms with Crippen LogP contribution in [0.15, 0.2) is 65.3 Å². The van der Waals surface area contributed by atoms with Crippen molar-refractivity contribution in [3.05, 3.63) is 77.7 Å². The van der Waals surface area contributed by atoms with Crippen LogP contribution in [0.3, 0.4) is 0 Å². The number of carbonyl (C=O) groups excluding carboxylic acids is 1. The summed E-state index contributed by atoms with van der Waals surface area (Å²) in [7, 11) is 0. The molecule has 6 heteroatoms. The number of oxazole rings is 1. The number of hydrogen-bond donors (Lipinski definition) is 2. The van der Waals surface area contributed by atoms with E-state index >= 15 is 0 Å². The first kappa shape index (κ1) is 19.4. The third kappa shape index (κ3) is 4.91. The minimum atomic E-state index is -0.488. The summed E-state index contributed by atoms with van der Waals surface area (Å²) in [5.41, 5.74) is 3.79. The summed E-state index contributed by atoms with van der Waals surface area (Å²) in [4.78, 5) is 18.8. The zero-order valence-electron chi connectivity index (χ0n) is 16.3. The van der Waals surface area contributed by atoms with Gasteiger partial charge in [0.2, 0.25) is 5.89 Å². The average molecular weight is 391 g/mol. The van der Waals surface area contributed by atoms with E-state index in [4.69, 9.17) is 4.42 Å². The molecular formula is C23H25N3O3. The molecule has 150 valence electrons. The molecule has 1 aliphatic heterocycles. The van der Waals surface area contributed by atoms with Crippen LogP contribution >= 0.6 is 0 Å². The number of nitrogens with one attached hydrogen (secondary N) is 1. The molecule has 0 radical (unpaired) electrons. The Bertz CT molecular complexity index is 955. The van der Waals surface area contributed by atoms with Crippen LogP contribution in [0.5, 0.6) is 0 Å². The van der Waals surface area contributed by atoms with Gasteiger partial charge in [0.15, 0.2) is 5.69 Å². The highest BCUT2D eigenvalue weighted by Crippen LogP contribution is 2.19. The first-order valence-electron chi connectivity index (χ1n) is 9.95. The average Bonchev–Trinajstić information content (AvgIpc) is 3.25. The lowest BCUT2D eigenvalue weighted by Gasteiger charge is -2.30. The van der Waals surface area contributed by atoms with E-state index in [1.54, 1.807) is 0 Å². The maximum absolute atomic E-state index is 12.3. The predicted molar refractivity (Wildman–Crippen MR) is 110 cm³/mol. The number of β-amino-alcohol motifs (C(OH)–C–C–N with tert-alkyl or cyclic N) is 1. The van der Waals surface area contributed by atoms with Gasteiger partial charge in [-0.2, -0.15) is 0 Å². The van der Waals surface area contributed by atoms with Gasteiger partial charge in [0, 0.05) is 31.7 Å². The van der Waals surface area contributed by atoms with Crippen LogP contribution in [-0.4, -0.2) is 46.6 Å². The molecule has 0 bridgehead atoms. The Morgan fingerprint density at radius 2 is 1.90 bits per heavy atom. The highest BCUT2D eigenvalue weighted by molar-refractivity contribution is 5.92. The van der Waals surface area contributed by atoms with Crippen molar-refractivity contribution < 1.29 is 14.3 Å². The fourth-order valence-electron chi connectivity index (χ4n) is 3.63. The number of benzene rings is 2. The number of hydrogen-bond acceptors (Lipinski definition) is 5. The van der Waals surface area contributed by atoms with Gasteiger partial charge in [-0.3, -0.25) is 9.69 Å². The normalized spacial score (nSPS) is 14.9. The Hall–Kier alpha value is -2.96. The van der Waals surface area contributed by atoms with Gasteiger partial charge < -0.3 is 14.8 Å². The number of rotatable bonds is 7. The van der Waals surface area contributed by atoms with Crippen LogP contribution in [-0.2, 0) is 13.0 Å². The second-order valence-corrected chi connectivity index (χ2v) is 7.36. The number of aliphatic hydroxyl groups is 1. The number of fused-ring (bicyclic) bond motifs is 1. The molecule has 1 unspecified atom stereocenters. The van der Waals surface area contributed by atoms with E-state index in [-0.39, 0.29) is 11.6 Å². The van der Waals surface area contributed by atoms with Crippen molar-refractivity contribution in [3.8, 4) is 11.5 Å². The molecule has 2 aromatic carbocycles. The fourth-order valence-corrected chi connectivity index (χ4v) is 3.63. The van der Waals surface area contributed by atoms with E-state index in [0.29, 0.717) is 25.4 Å². The molecule has 3 aromatic rings. The highest BCUT2D eigenvalue weighted by atomic mass is 16.3. The lowest BCUT2D eigenvalue weighted by Crippen LogP contribution is -2.38. The molecule has 1 aromatic heterocycles. The van der Waals surface area contributed by atoms with E-state index in [2.05, 4.69) is 39.5 Å². The maximum atomic E-state index is 12.3. The fraction of sp³-hybridized carbons (Fsp3) is 0.304. The molecule has 6 nitrogen and oxygen atoms in total. The largest absolute Gasteiger partial charge is 0.444 e. The van der Waals surface area contributed by atoms with E-state index in [0.717, 1.165) is 25.1 Å². The molecule has 0 saturated heterocycles. The van der Waals surface area contributed by atoms with E-state index in [1.165, 1.54) is 17.4 Å². The van der Waals surface area contributed by atoms with Crippen molar-refractivity contribution in [2.45, 2.75) is 25.5 Å². The lowest BCUT2D eigenvalue weighted by molar-refractivity contribution is 0.0889. The third-order valence-corrected chi connectivity index (χ3v) is 5.20. The minimum absolute atomic E-state index is 0.242. The monoisotopic (exact) mass is 391 g/mol. The first-order chi connectivity index (χ1) is 14.2. The third-order valence-electron chi connectivity index (χ3n) is 5.20. The van der Waals surface area contributed by atoms with Crippen LogP contribution < -0.4 is 5.32 Å². The molecule has 29 heavy (non-hydrogen) atoms. The summed E-state index contributed by atoms with van der Waals surface area (Å²) < 4.78 is 5.40. The molecule has 0 saturated carbocycles. The summed E-state index contributed by atoms with van der Waals surface area (Å²) in [6.45, 7) is 2.80. The summed E-state index contributed by atoms with van der Waals surface area (Å²) in [6.07, 6.45) is 2.37. The van der Waals surface area contributed by atoms with Crippen LogP contribution in [0.25, 0.3) is 11.5 Å². The minimum Gasteiger partial charge on any atom is -0.444 e. The predicted octanol–water partition coefficient (Wildman–Crippen LogP) is 2.88. The number of aromatic nitrogens is 1. The van der Waals surface area contributed by atoms with E-state index < -0.39 is 6.10 Å². The quantitative estimate of drug-likeness (QED) is 0.648. The number of carbonyl (C=O) groups is 1. The van der Waals surface area contributed by atoms with Gasteiger partial charge in [0.1, 0.15) is 6.26 Å². The van der Waals surface area contributed by atoms with Gasteiger partial charge in [-0.25, -0.2) is 4.98 Å². The molecule has 1 aliphatic rings. The Kier molecular flexibility index (Phi) is 6.03. The Balaban J connectivity index is 1.22. The van der Waals surface area contributed by atoms with Crippen molar-refractivity contribution in [3.63, 3.8) is 0 Å². The molecule has 2 heterocycles. The van der Waals surface area contributed by atoms with Crippen LogP contribution in [0, 0.1) is 0 Å².